The number of rotatable bonds is 2. The summed E-state index contributed by atoms with van der Waals surface area (Å²) in [4.78, 5) is 12.3. The van der Waals surface area contributed by atoms with E-state index in [1.807, 2.05) is 7.05 Å². The molecule has 5 aliphatic heterocycles. The van der Waals surface area contributed by atoms with Gasteiger partial charge in [-0.1, -0.05) is 0 Å². The van der Waals surface area contributed by atoms with Gasteiger partial charge in [0.25, 0.3) is 0 Å². The molecule has 0 aromatic heterocycles. The Bertz CT molecular complexity index is 449. The molecule has 0 aliphatic carbocycles. The number of hydrogen-bond donors (Lipinski definition) is 1. The molecule has 6 nitrogen and oxygen atoms in total. The monoisotopic (exact) mass is 335 g/mol. The molecular weight excluding hydrogens is 302 g/mol. The zero-order valence-corrected chi connectivity index (χ0v) is 15.2. The van der Waals surface area contributed by atoms with Gasteiger partial charge < -0.3 is 15.0 Å². The summed E-state index contributed by atoms with van der Waals surface area (Å²) in [6.07, 6.45) is 5.10. The third-order valence-electron chi connectivity index (χ3n) is 6.46. The fourth-order valence-corrected chi connectivity index (χ4v) is 5.08. The summed E-state index contributed by atoms with van der Waals surface area (Å²) in [5.41, 5.74) is 0.368. The van der Waals surface area contributed by atoms with Crippen LogP contribution in [0.3, 0.4) is 0 Å². The van der Waals surface area contributed by atoms with Gasteiger partial charge in [-0.15, -0.1) is 0 Å². The van der Waals surface area contributed by atoms with Crippen molar-refractivity contribution in [2.45, 2.75) is 31.7 Å². The van der Waals surface area contributed by atoms with E-state index < -0.39 is 0 Å². The largest absolute Gasteiger partial charge is 0.381 e. The number of nitrogens with zero attached hydrogens (tertiary/aromatic N) is 4. The van der Waals surface area contributed by atoms with Crippen LogP contribution in [0.25, 0.3) is 0 Å². The predicted octanol–water partition coefficient (Wildman–Crippen LogP) is 0.454. The van der Waals surface area contributed by atoms with Crippen molar-refractivity contribution in [3.63, 3.8) is 0 Å². The summed E-state index contributed by atoms with van der Waals surface area (Å²) in [5.74, 6) is 1.09. The van der Waals surface area contributed by atoms with Crippen LogP contribution in [-0.2, 0) is 4.74 Å². The molecule has 5 fully saturated rings. The second-order valence-corrected chi connectivity index (χ2v) is 8.10. The molecule has 2 unspecified atom stereocenters. The Balaban J connectivity index is 1.33. The molecule has 1 spiro atoms. The van der Waals surface area contributed by atoms with Gasteiger partial charge >= 0.3 is 0 Å². The SMILES string of the molecule is CN=C(NCC1CN2CCN1CC2)N1CCCC2(CCCOC2)C1. The minimum Gasteiger partial charge on any atom is -0.381 e. The predicted molar refractivity (Wildman–Crippen MR) is 96.5 cm³/mol. The van der Waals surface area contributed by atoms with Crippen molar-refractivity contribution in [1.82, 2.24) is 20.0 Å². The second kappa shape index (κ2) is 7.18. The number of nitrogens with one attached hydrogen (secondary N) is 1. The fraction of sp³-hybridized carbons (Fsp3) is 0.944. The maximum Gasteiger partial charge on any atom is 0.193 e. The van der Waals surface area contributed by atoms with E-state index in [2.05, 4.69) is 25.0 Å². The van der Waals surface area contributed by atoms with E-state index >= 15 is 0 Å². The van der Waals surface area contributed by atoms with Crippen LogP contribution in [-0.4, -0.2) is 99.3 Å². The molecule has 5 saturated heterocycles. The molecule has 6 heteroatoms. The number of piperidine rings is 1. The Morgan fingerprint density at radius 1 is 1.17 bits per heavy atom. The molecule has 136 valence electrons. The summed E-state index contributed by atoms with van der Waals surface area (Å²) < 4.78 is 5.81. The van der Waals surface area contributed by atoms with Gasteiger partial charge in [-0.25, -0.2) is 0 Å². The summed E-state index contributed by atoms with van der Waals surface area (Å²) in [7, 11) is 1.93. The molecule has 24 heavy (non-hydrogen) atoms. The van der Waals surface area contributed by atoms with Crippen molar-refractivity contribution in [1.29, 1.82) is 0 Å². The number of piperazine rings is 3. The van der Waals surface area contributed by atoms with Crippen LogP contribution in [0.2, 0.25) is 0 Å². The summed E-state index contributed by atoms with van der Waals surface area (Å²) in [5, 5.41) is 3.68. The highest BCUT2D eigenvalue weighted by Gasteiger charge is 2.38. The van der Waals surface area contributed by atoms with Gasteiger partial charge in [-0.05, 0) is 25.7 Å². The lowest BCUT2D eigenvalue weighted by Crippen LogP contribution is -2.64. The third-order valence-corrected chi connectivity index (χ3v) is 6.46. The van der Waals surface area contributed by atoms with E-state index in [0.717, 1.165) is 38.8 Å². The molecule has 0 aromatic rings. The second-order valence-electron chi connectivity index (χ2n) is 8.10. The Hall–Kier alpha value is -0.850. The molecule has 0 amide bonds. The molecular formula is C18H33N5O. The summed E-state index contributed by atoms with van der Waals surface area (Å²) in [6.45, 7) is 11.3. The van der Waals surface area contributed by atoms with Gasteiger partial charge in [0.1, 0.15) is 0 Å². The molecule has 0 radical (unpaired) electrons. The van der Waals surface area contributed by atoms with Crippen LogP contribution in [0, 0.1) is 5.41 Å². The standard InChI is InChI=1S/C18H33N5O/c1-19-17(20-12-16-13-21-7-9-22(16)10-8-21)23-6-2-4-18(14-23)5-3-11-24-15-18/h16H,2-15H2,1H3,(H,19,20). The third kappa shape index (κ3) is 3.41. The Kier molecular flexibility index (Phi) is 4.97. The molecule has 5 aliphatic rings. The number of likely N-dealkylation sites (tertiary alicyclic amines) is 1. The highest BCUT2D eigenvalue weighted by atomic mass is 16.5. The van der Waals surface area contributed by atoms with Crippen molar-refractivity contribution >= 4 is 5.96 Å². The van der Waals surface area contributed by atoms with Crippen molar-refractivity contribution in [3.8, 4) is 0 Å². The number of guanidine groups is 1. The normalized spacial score (nSPS) is 40.1. The number of hydrogen-bond acceptors (Lipinski definition) is 4. The minimum absolute atomic E-state index is 0.368. The first-order valence-corrected chi connectivity index (χ1v) is 9.78. The smallest absolute Gasteiger partial charge is 0.193 e. The quantitative estimate of drug-likeness (QED) is 0.586. The van der Waals surface area contributed by atoms with Gasteiger partial charge in [-0.2, -0.15) is 0 Å². The molecule has 2 atom stereocenters. The molecule has 5 heterocycles. The topological polar surface area (TPSA) is 43.3 Å². The highest BCUT2D eigenvalue weighted by molar-refractivity contribution is 5.80. The lowest BCUT2D eigenvalue weighted by atomic mass is 9.76. The average Bonchev–Trinajstić information content (AvgIpc) is 2.64. The lowest BCUT2D eigenvalue weighted by Gasteiger charge is -2.48. The van der Waals surface area contributed by atoms with E-state index in [0.29, 0.717) is 11.5 Å². The fourth-order valence-electron chi connectivity index (χ4n) is 5.08. The average molecular weight is 335 g/mol. The van der Waals surface area contributed by atoms with Crippen LogP contribution in [0.1, 0.15) is 25.7 Å². The number of fused-ring (bicyclic) bond motifs is 3. The van der Waals surface area contributed by atoms with Gasteiger partial charge in [0.2, 0.25) is 0 Å². The van der Waals surface area contributed by atoms with E-state index in [9.17, 15) is 0 Å². The molecule has 1 N–H and O–H groups in total. The lowest BCUT2D eigenvalue weighted by molar-refractivity contribution is -0.0372. The van der Waals surface area contributed by atoms with E-state index in [1.54, 1.807) is 0 Å². The van der Waals surface area contributed by atoms with Crippen molar-refractivity contribution in [2.24, 2.45) is 10.4 Å². The zero-order valence-electron chi connectivity index (χ0n) is 15.2. The van der Waals surface area contributed by atoms with Crippen LogP contribution in [0.15, 0.2) is 4.99 Å². The minimum atomic E-state index is 0.368. The molecule has 5 rings (SSSR count). The number of ether oxygens (including phenoxy) is 1. The Morgan fingerprint density at radius 3 is 2.67 bits per heavy atom. The zero-order chi connectivity index (χ0) is 16.4. The molecule has 0 saturated carbocycles. The van der Waals surface area contributed by atoms with E-state index in [4.69, 9.17) is 4.74 Å². The number of aliphatic imine (C=N–C) groups is 1. The Labute approximate surface area is 146 Å². The molecule has 0 aromatic carbocycles. The van der Waals surface area contributed by atoms with E-state index in [1.165, 1.54) is 58.4 Å². The van der Waals surface area contributed by atoms with Gasteiger partial charge in [0, 0.05) is 77.5 Å². The summed E-state index contributed by atoms with van der Waals surface area (Å²) in [6, 6.07) is 0.640. The van der Waals surface area contributed by atoms with E-state index in [-0.39, 0.29) is 0 Å². The van der Waals surface area contributed by atoms with Crippen LogP contribution >= 0.6 is 0 Å². The van der Waals surface area contributed by atoms with Gasteiger partial charge in [0.15, 0.2) is 5.96 Å². The summed E-state index contributed by atoms with van der Waals surface area (Å²) >= 11 is 0. The van der Waals surface area contributed by atoms with Crippen LogP contribution in [0.4, 0.5) is 0 Å². The maximum absolute atomic E-state index is 5.81. The molecule has 2 bridgehead atoms. The first kappa shape index (κ1) is 16.6. The Morgan fingerprint density at radius 2 is 2.00 bits per heavy atom. The first-order chi connectivity index (χ1) is 11.8. The van der Waals surface area contributed by atoms with Gasteiger partial charge in [-0.3, -0.25) is 14.8 Å². The van der Waals surface area contributed by atoms with Crippen molar-refractivity contribution < 1.29 is 4.74 Å². The highest BCUT2D eigenvalue weighted by Crippen LogP contribution is 2.37. The maximum atomic E-state index is 5.81. The van der Waals surface area contributed by atoms with Gasteiger partial charge in [0.05, 0.1) is 6.61 Å². The first-order valence-electron chi connectivity index (χ1n) is 9.78. The van der Waals surface area contributed by atoms with Crippen LogP contribution in [0.5, 0.6) is 0 Å². The van der Waals surface area contributed by atoms with Crippen LogP contribution < -0.4 is 5.32 Å². The van der Waals surface area contributed by atoms with Crippen molar-refractivity contribution in [2.75, 3.05) is 72.6 Å². The van der Waals surface area contributed by atoms with Crippen molar-refractivity contribution in [3.05, 3.63) is 0 Å².